The first kappa shape index (κ1) is 19.5. The minimum Gasteiger partial charge on any atom is -0.496 e. The fourth-order valence-corrected chi connectivity index (χ4v) is 3.37. The fraction of sp³-hybridized carbons (Fsp3) is 0.500. The molecular formula is C22H29NO4. The molecule has 0 aromatic heterocycles. The summed E-state index contributed by atoms with van der Waals surface area (Å²) in [5.74, 6) is 0.853. The van der Waals surface area contributed by atoms with Gasteiger partial charge in [-0.2, -0.15) is 0 Å². The van der Waals surface area contributed by atoms with Crippen LogP contribution in [0.5, 0.6) is 5.75 Å². The predicted octanol–water partition coefficient (Wildman–Crippen LogP) is 4.76. The number of carbonyl (C=O) groups excluding carboxylic acids is 1. The summed E-state index contributed by atoms with van der Waals surface area (Å²) < 4.78 is 17.1. The average molecular weight is 371 g/mol. The molecule has 27 heavy (non-hydrogen) atoms. The van der Waals surface area contributed by atoms with Crippen molar-refractivity contribution in [3.8, 4) is 5.75 Å². The number of hydrogen-bond donors (Lipinski definition) is 0. The van der Waals surface area contributed by atoms with Gasteiger partial charge in [-0.1, -0.05) is 24.3 Å². The van der Waals surface area contributed by atoms with Gasteiger partial charge in [-0.3, -0.25) is 0 Å². The van der Waals surface area contributed by atoms with Gasteiger partial charge in [-0.25, -0.2) is 4.79 Å². The van der Waals surface area contributed by atoms with E-state index in [0.29, 0.717) is 13.2 Å². The zero-order valence-electron chi connectivity index (χ0n) is 16.7. The summed E-state index contributed by atoms with van der Waals surface area (Å²) in [7, 11) is 1.69. The summed E-state index contributed by atoms with van der Waals surface area (Å²) in [5, 5.41) is 2.23. The van der Waals surface area contributed by atoms with E-state index in [9.17, 15) is 4.79 Å². The van der Waals surface area contributed by atoms with Crippen LogP contribution in [-0.4, -0.2) is 42.9 Å². The van der Waals surface area contributed by atoms with Crippen molar-refractivity contribution in [2.75, 3.05) is 20.2 Å². The summed E-state index contributed by atoms with van der Waals surface area (Å²) in [6.45, 7) is 7.44. The van der Waals surface area contributed by atoms with E-state index in [1.807, 2.05) is 39.0 Å². The van der Waals surface area contributed by atoms with Crippen LogP contribution in [0.15, 0.2) is 36.4 Å². The second kappa shape index (κ2) is 8.17. The Labute approximate surface area is 161 Å². The van der Waals surface area contributed by atoms with E-state index in [-0.39, 0.29) is 12.2 Å². The highest BCUT2D eigenvalue weighted by atomic mass is 16.6. The van der Waals surface area contributed by atoms with Gasteiger partial charge < -0.3 is 19.1 Å². The lowest BCUT2D eigenvalue weighted by molar-refractivity contribution is -0.0258. The van der Waals surface area contributed by atoms with Crippen molar-refractivity contribution in [2.24, 2.45) is 0 Å². The number of piperidine rings is 1. The van der Waals surface area contributed by atoms with Crippen LogP contribution >= 0.6 is 0 Å². The predicted molar refractivity (Wildman–Crippen MR) is 106 cm³/mol. The molecule has 3 rings (SSSR count). The number of ether oxygens (including phenoxy) is 3. The summed E-state index contributed by atoms with van der Waals surface area (Å²) >= 11 is 0. The van der Waals surface area contributed by atoms with Crippen molar-refractivity contribution in [1.82, 2.24) is 4.90 Å². The van der Waals surface area contributed by atoms with Crippen molar-refractivity contribution in [3.63, 3.8) is 0 Å². The molecule has 146 valence electrons. The monoisotopic (exact) mass is 371 g/mol. The molecule has 5 heteroatoms. The molecular weight excluding hydrogens is 342 g/mol. The zero-order chi connectivity index (χ0) is 19.4. The Morgan fingerprint density at radius 2 is 2.00 bits per heavy atom. The van der Waals surface area contributed by atoms with E-state index in [0.717, 1.165) is 41.5 Å². The van der Waals surface area contributed by atoms with Crippen molar-refractivity contribution >= 4 is 16.9 Å². The maximum Gasteiger partial charge on any atom is 0.410 e. The van der Waals surface area contributed by atoms with E-state index in [2.05, 4.69) is 18.2 Å². The molecule has 2 aromatic rings. The summed E-state index contributed by atoms with van der Waals surface area (Å²) in [6, 6.07) is 12.3. The van der Waals surface area contributed by atoms with Crippen molar-refractivity contribution < 1.29 is 19.0 Å². The largest absolute Gasteiger partial charge is 0.496 e. The van der Waals surface area contributed by atoms with Crippen LogP contribution in [0.2, 0.25) is 0 Å². The molecule has 1 heterocycles. The van der Waals surface area contributed by atoms with Gasteiger partial charge in [0.25, 0.3) is 0 Å². The van der Waals surface area contributed by atoms with Crippen LogP contribution in [0.4, 0.5) is 4.79 Å². The lowest BCUT2D eigenvalue weighted by atomic mass is 10.1. The number of rotatable bonds is 4. The van der Waals surface area contributed by atoms with Gasteiger partial charge >= 0.3 is 6.09 Å². The van der Waals surface area contributed by atoms with E-state index >= 15 is 0 Å². The van der Waals surface area contributed by atoms with Gasteiger partial charge in [0.1, 0.15) is 11.4 Å². The molecule has 1 aliphatic rings. The molecule has 1 aliphatic heterocycles. The van der Waals surface area contributed by atoms with Gasteiger partial charge in [-0.15, -0.1) is 0 Å². The van der Waals surface area contributed by atoms with Gasteiger partial charge in [0.05, 0.1) is 26.4 Å². The van der Waals surface area contributed by atoms with Gasteiger partial charge in [0, 0.05) is 11.9 Å². The number of amides is 1. The normalized spacial score (nSPS) is 17.8. The Morgan fingerprint density at radius 3 is 2.74 bits per heavy atom. The number of benzene rings is 2. The molecule has 1 fully saturated rings. The second-order valence-electron chi connectivity index (χ2n) is 8.02. The lowest BCUT2D eigenvalue weighted by Crippen LogP contribution is -2.45. The number of likely N-dealkylation sites (tertiary alicyclic amines) is 1. The number of nitrogens with zero attached hydrogens (tertiary/aromatic N) is 1. The third kappa shape index (κ3) is 5.13. The maximum absolute atomic E-state index is 12.3. The molecule has 0 saturated carbocycles. The molecule has 0 N–H and O–H groups in total. The number of hydrogen-bond acceptors (Lipinski definition) is 4. The fourth-order valence-electron chi connectivity index (χ4n) is 3.37. The minimum atomic E-state index is -0.480. The molecule has 5 nitrogen and oxygen atoms in total. The standard InChI is InChI=1S/C22H29NO4/c1-22(2,3)27-21(24)23-11-7-9-18(14-23)26-15-16-12-17-8-5-6-10-19(17)20(13-16)25-4/h5-6,8,10,12-13,18H,7,9,11,14-15H2,1-4H3. The Morgan fingerprint density at radius 1 is 1.22 bits per heavy atom. The molecule has 1 amide bonds. The maximum atomic E-state index is 12.3. The average Bonchev–Trinajstić information content (AvgIpc) is 2.64. The molecule has 0 bridgehead atoms. The van der Waals surface area contributed by atoms with E-state index in [1.165, 1.54) is 0 Å². The topological polar surface area (TPSA) is 48.0 Å². The first-order valence-electron chi connectivity index (χ1n) is 9.51. The third-order valence-electron chi connectivity index (χ3n) is 4.62. The van der Waals surface area contributed by atoms with Crippen LogP contribution in [-0.2, 0) is 16.1 Å². The van der Waals surface area contributed by atoms with Crippen LogP contribution in [0.3, 0.4) is 0 Å². The molecule has 0 aliphatic carbocycles. The van der Waals surface area contributed by atoms with Crippen molar-refractivity contribution in [2.45, 2.75) is 51.9 Å². The summed E-state index contributed by atoms with van der Waals surface area (Å²) in [5.41, 5.74) is 0.590. The first-order valence-corrected chi connectivity index (χ1v) is 9.51. The minimum absolute atomic E-state index is 0.0173. The van der Waals surface area contributed by atoms with E-state index in [1.54, 1.807) is 12.0 Å². The molecule has 2 aromatic carbocycles. The van der Waals surface area contributed by atoms with Gasteiger partial charge in [-0.05, 0) is 56.7 Å². The lowest BCUT2D eigenvalue weighted by Gasteiger charge is -2.34. The smallest absolute Gasteiger partial charge is 0.410 e. The zero-order valence-corrected chi connectivity index (χ0v) is 16.7. The van der Waals surface area contributed by atoms with Crippen LogP contribution < -0.4 is 4.74 Å². The number of fused-ring (bicyclic) bond motifs is 1. The van der Waals surface area contributed by atoms with Crippen LogP contribution in [0, 0.1) is 0 Å². The highest BCUT2D eigenvalue weighted by Crippen LogP contribution is 2.28. The summed E-state index contributed by atoms with van der Waals surface area (Å²) in [6.07, 6.45) is 1.63. The molecule has 1 unspecified atom stereocenters. The van der Waals surface area contributed by atoms with E-state index in [4.69, 9.17) is 14.2 Å². The van der Waals surface area contributed by atoms with Crippen molar-refractivity contribution in [1.29, 1.82) is 0 Å². The third-order valence-corrected chi connectivity index (χ3v) is 4.62. The SMILES string of the molecule is COc1cc(COC2CCCN(C(=O)OC(C)(C)C)C2)cc2ccccc12. The molecule has 1 saturated heterocycles. The van der Waals surface area contributed by atoms with Gasteiger partial charge in [0.2, 0.25) is 0 Å². The van der Waals surface area contributed by atoms with Crippen molar-refractivity contribution in [3.05, 3.63) is 42.0 Å². The quantitative estimate of drug-likeness (QED) is 0.777. The number of methoxy groups -OCH3 is 1. The highest BCUT2D eigenvalue weighted by Gasteiger charge is 2.28. The van der Waals surface area contributed by atoms with Crippen LogP contribution in [0.1, 0.15) is 39.2 Å². The second-order valence-corrected chi connectivity index (χ2v) is 8.02. The number of carbonyl (C=O) groups is 1. The highest BCUT2D eigenvalue weighted by molar-refractivity contribution is 5.89. The Kier molecular flexibility index (Phi) is 5.90. The molecule has 0 radical (unpaired) electrons. The Bertz CT molecular complexity index is 796. The van der Waals surface area contributed by atoms with E-state index < -0.39 is 5.60 Å². The Hall–Kier alpha value is -2.27. The first-order chi connectivity index (χ1) is 12.9. The Balaban J connectivity index is 1.63. The van der Waals surface area contributed by atoms with Crippen LogP contribution in [0.25, 0.3) is 10.8 Å². The molecule has 1 atom stereocenters. The molecule has 0 spiro atoms. The summed E-state index contributed by atoms with van der Waals surface area (Å²) in [4.78, 5) is 14.0. The van der Waals surface area contributed by atoms with Gasteiger partial charge in [0.15, 0.2) is 0 Å².